The standard InChI is InChI=1S/C9H13NO3/c1-12-6-3-5-10-9(11)8-4-2-7-13-8/h2,4,7H,3,5-6H2,1H3,(H,10,11). The van der Waals surface area contributed by atoms with E-state index in [-0.39, 0.29) is 5.91 Å². The van der Waals surface area contributed by atoms with Crippen LogP contribution >= 0.6 is 0 Å². The van der Waals surface area contributed by atoms with Crippen LogP contribution in [0.25, 0.3) is 0 Å². The van der Waals surface area contributed by atoms with Gasteiger partial charge in [-0.2, -0.15) is 0 Å². The summed E-state index contributed by atoms with van der Waals surface area (Å²) in [5.74, 6) is 0.165. The van der Waals surface area contributed by atoms with Crippen LogP contribution < -0.4 is 5.32 Å². The number of hydrogen-bond donors (Lipinski definition) is 1. The molecule has 1 aromatic rings. The quantitative estimate of drug-likeness (QED) is 0.694. The fraction of sp³-hybridized carbons (Fsp3) is 0.444. The van der Waals surface area contributed by atoms with Gasteiger partial charge >= 0.3 is 0 Å². The minimum absolute atomic E-state index is 0.180. The van der Waals surface area contributed by atoms with Gasteiger partial charge < -0.3 is 14.5 Å². The summed E-state index contributed by atoms with van der Waals surface area (Å²) in [4.78, 5) is 11.2. The molecule has 0 aromatic carbocycles. The molecule has 0 bridgehead atoms. The highest BCUT2D eigenvalue weighted by atomic mass is 16.5. The lowest BCUT2D eigenvalue weighted by Gasteiger charge is -2.01. The van der Waals surface area contributed by atoms with E-state index in [1.807, 2.05) is 0 Å². The van der Waals surface area contributed by atoms with Crippen molar-refractivity contribution in [2.24, 2.45) is 0 Å². The van der Waals surface area contributed by atoms with Crippen molar-refractivity contribution in [3.63, 3.8) is 0 Å². The Balaban J connectivity index is 2.19. The molecule has 0 atom stereocenters. The number of hydrogen-bond acceptors (Lipinski definition) is 3. The largest absolute Gasteiger partial charge is 0.459 e. The Kier molecular flexibility index (Phi) is 4.05. The molecule has 1 rings (SSSR count). The third kappa shape index (κ3) is 3.29. The number of nitrogens with one attached hydrogen (secondary N) is 1. The van der Waals surface area contributed by atoms with Gasteiger partial charge in [-0.05, 0) is 18.6 Å². The molecular weight excluding hydrogens is 170 g/mol. The normalized spacial score (nSPS) is 9.92. The van der Waals surface area contributed by atoms with Crippen molar-refractivity contribution in [2.75, 3.05) is 20.3 Å². The van der Waals surface area contributed by atoms with Gasteiger partial charge in [0.25, 0.3) is 5.91 Å². The van der Waals surface area contributed by atoms with Gasteiger partial charge in [-0.1, -0.05) is 0 Å². The van der Waals surface area contributed by atoms with Gasteiger partial charge in [-0.25, -0.2) is 0 Å². The number of methoxy groups -OCH3 is 1. The van der Waals surface area contributed by atoms with Crippen LogP contribution in [0.2, 0.25) is 0 Å². The topological polar surface area (TPSA) is 51.5 Å². The van der Waals surface area contributed by atoms with Crippen LogP contribution in [0, 0.1) is 0 Å². The summed E-state index contributed by atoms with van der Waals surface area (Å²) in [6.45, 7) is 1.26. The molecule has 1 N–H and O–H groups in total. The first-order chi connectivity index (χ1) is 6.34. The third-order valence-corrected chi connectivity index (χ3v) is 1.56. The number of ether oxygens (including phenoxy) is 1. The summed E-state index contributed by atoms with van der Waals surface area (Å²) in [5.41, 5.74) is 0. The number of furan rings is 1. The van der Waals surface area contributed by atoms with Crippen LogP contribution in [0.4, 0.5) is 0 Å². The maximum absolute atomic E-state index is 11.2. The van der Waals surface area contributed by atoms with E-state index in [1.54, 1.807) is 19.2 Å². The second-order valence-electron chi connectivity index (χ2n) is 2.58. The van der Waals surface area contributed by atoms with E-state index in [1.165, 1.54) is 6.26 Å². The van der Waals surface area contributed by atoms with Gasteiger partial charge in [0.05, 0.1) is 6.26 Å². The SMILES string of the molecule is COCCCNC(=O)c1ccco1. The van der Waals surface area contributed by atoms with Crippen molar-refractivity contribution in [3.8, 4) is 0 Å². The first-order valence-electron chi connectivity index (χ1n) is 4.15. The van der Waals surface area contributed by atoms with Crippen LogP contribution in [0.1, 0.15) is 17.0 Å². The van der Waals surface area contributed by atoms with Crippen LogP contribution in [0.3, 0.4) is 0 Å². The molecule has 1 heterocycles. The molecule has 72 valence electrons. The van der Waals surface area contributed by atoms with Crippen LogP contribution in [0.15, 0.2) is 22.8 Å². The van der Waals surface area contributed by atoms with E-state index < -0.39 is 0 Å². The van der Waals surface area contributed by atoms with Crippen molar-refractivity contribution in [1.29, 1.82) is 0 Å². The molecule has 0 unspecified atom stereocenters. The minimum Gasteiger partial charge on any atom is -0.459 e. The Morgan fingerprint density at radius 3 is 3.15 bits per heavy atom. The highest BCUT2D eigenvalue weighted by Crippen LogP contribution is 1.98. The monoisotopic (exact) mass is 183 g/mol. The van der Waals surface area contributed by atoms with Crippen molar-refractivity contribution in [2.45, 2.75) is 6.42 Å². The van der Waals surface area contributed by atoms with Crippen molar-refractivity contribution < 1.29 is 13.9 Å². The number of rotatable bonds is 5. The highest BCUT2D eigenvalue weighted by Gasteiger charge is 2.05. The van der Waals surface area contributed by atoms with E-state index in [9.17, 15) is 4.79 Å². The minimum atomic E-state index is -0.180. The van der Waals surface area contributed by atoms with E-state index in [2.05, 4.69) is 5.32 Å². The lowest BCUT2D eigenvalue weighted by Crippen LogP contribution is -2.24. The molecule has 1 aromatic heterocycles. The van der Waals surface area contributed by atoms with E-state index in [0.29, 0.717) is 18.9 Å². The van der Waals surface area contributed by atoms with E-state index in [0.717, 1.165) is 6.42 Å². The second kappa shape index (κ2) is 5.37. The molecule has 0 aliphatic heterocycles. The maximum Gasteiger partial charge on any atom is 0.286 e. The molecule has 1 amide bonds. The predicted octanol–water partition coefficient (Wildman–Crippen LogP) is 1.05. The smallest absolute Gasteiger partial charge is 0.286 e. The molecule has 0 spiro atoms. The molecule has 0 aliphatic carbocycles. The van der Waals surface area contributed by atoms with Crippen LogP contribution in [-0.4, -0.2) is 26.2 Å². The van der Waals surface area contributed by atoms with E-state index >= 15 is 0 Å². The zero-order valence-electron chi connectivity index (χ0n) is 7.58. The molecule has 13 heavy (non-hydrogen) atoms. The lowest BCUT2D eigenvalue weighted by molar-refractivity contribution is 0.0921. The molecule has 0 radical (unpaired) electrons. The highest BCUT2D eigenvalue weighted by molar-refractivity contribution is 5.91. The van der Waals surface area contributed by atoms with Crippen LogP contribution in [0.5, 0.6) is 0 Å². The van der Waals surface area contributed by atoms with Crippen molar-refractivity contribution in [3.05, 3.63) is 24.2 Å². The van der Waals surface area contributed by atoms with Gasteiger partial charge in [-0.3, -0.25) is 4.79 Å². The summed E-state index contributed by atoms with van der Waals surface area (Å²) in [7, 11) is 1.63. The van der Waals surface area contributed by atoms with Gasteiger partial charge in [0, 0.05) is 20.3 Å². The zero-order chi connectivity index (χ0) is 9.52. The number of carbonyl (C=O) groups is 1. The molecule has 0 saturated heterocycles. The third-order valence-electron chi connectivity index (χ3n) is 1.56. The second-order valence-corrected chi connectivity index (χ2v) is 2.58. The molecule has 0 fully saturated rings. The predicted molar refractivity (Wildman–Crippen MR) is 47.5 cm³/mol. The first-order valence-corrected chi connectivity index (χ1v) is 4.15. The average molecular weight is 183 g/mol. The Morgan fingerprint density at radius 1 is 1.69 bits per heavy atom. The maximum atomic E-state index is 11.2. The fourth-order valence-electron chi connectivity index (χ4n) is 0.913. The fourth-order valence-corrected chi connectivity index (χ4v) is 0.913. The van der Waals surface area contributed by atoms with Gasteiger partial charge in [0.2, 0.25) is 0 Å². The summed E-state index contributed by atoms with van der Waals surface area (Å²) < 4.78 is 9.75. The number of amides is 1. The first kappa shape index (κ1) is 9.80. The van der Waals surface area contributed by atoms with Gasteiger partial charge in [0.15, 0.2) is 5.76 Å². The molecule has 0 aliphatic rings. The Labute approximate surface area is 76.9 Å². The summed E-state index contributed by atoms with van der Waals surface area (Å²) >= 11 is 0. The van der Waals surface area contributed by atoms with Crippen molar-refractivity contribution in [1.82, 2.24) is 5.32 Å². The van der Waals surface area contributed by atoms with Gasteiger partial charge in [0.1, 0.15) is 0 Å². The summed E-state index contributed by atoms with van der Waals surface area (Å²) in [6.07, 6.45) is 2.28. The average Bonchev–Trinajstić information content (AvgIpc) is 2.65. The Morgan fingerprint density at radius 2 is 2.54 bits per heavy atom. The van der Waals surface area contributed by atoms with E-state index in [4.69, 9.17) is 9.15 Å². The molecular formula is C9H13NO3. The lowest BCUT2D eigenvalue weighted by atomic mass is 10.4. The number of carbonyl (C=O) groups excluding carboxylic acids is 1. The molecule has 4 nitrogen and oxygen atoms in total. The Hall–Kier alpha value is -1.29. The van der Waals surface area contributed by atoms with Crippen molar-refractivity contribution >= 4 is 5.91 Å². The molecule has 4 heteroatoms. The molecule has 0 saturated carbocycles. The Bertz CT molecular complexity index is 243. The zero-order valence-corrected chi connectivity index (χ0v) is 7.58. The summed E-state index contributed by atoms with van der Waals surface area (Å²) in [6, 6.07) is 3.32. The van der Waals surface area contributed by atoms with Crippen LogP contribution in [-0.2, 0) is 4.74 Å². The summed E-state index contributed by atoms with van der Waals surface area (Å²) in [5, 5.41) is 2.71. The van der Waals surface area contributed by atoms with Gasteiger partial charge in [-0.15, -0.1) is 0 Å².